The van der Waals surface area contributed by atoms with E-state index in [2.05, 4.69) is 5.32 Å². The van der Waals surface area contributed by atoms with Gasteiger partial charge in [0.05, 0.1) is 26.4 Å². The molecular formula is C16H25NO4. The molecule has 1 aromatic rings. The Kier molecular flexibility index (Phi) is 5.45. The van der Waals surface area contributed by atoms with Crippen LogP contribution >= 0.6 is 0 Å². The van der Waals surface area contributed by atoms with Gasteiger partial charge >= 0.3 is 0 Å². The number of ether oxygens (including phenoxy) is 4. The molecule has 1 unspecified atom stereocenters. The minimum Gasteiger partial charge on any atom is -0.493 e. The molecule has 0 radical (unpaired) electrons. The maximum atomic E-state index is 5.76. The van der Waals surface area contributed by atoms with Gasteiger partial charge in [0, 0.05) is 18.7 Å². The summed E-state index contributed by atoms with van der Waals surface area (Å²) in [4.78, 5) is 0. The van der Waals surface area contributed by atoms with Crippen LogP contribution in [0.25, 0.3) is 0 Å². The SMILES string of the molecule is CCOc1cccc(CNCC2COC(C)(C)O2)c1OC. The molecule has 1 aliphatic heterocycles. The Balaban J connectivity index is 1.90. The molecule has 0 saturated carbocycles. The van der Waals surface area contributed by atoms with Gasteiger partial charge in [-0.3, -0.25) is 0 Å². The lowest BCUT2D eigenvalue weighted by Crippen LogP contribution is -2.30. The summed E-state index contributed by atoms with van der Waals surface area (Å²) in [7, 11) is 1.66. The zero-order valence-corrected chi connectivity index (χ0v) is 13.3. The highest BCUT2D eigenvalue weighted by Gasteiger charge is 2.32. The third-order valence-corrected chi connectivity index (χ3v) is 3.32. The van der Waals surface area contributed by atoms with Crippen LogP contribution in [-0.4, -0.2) is 38.8 Å². The van der Waals surface area contributed by atoms with Gasteiger partial charge in [-0.15, -0.1) is 0 Å². The Bertz CT molecular complexity index is 462. The van der Waals surface area contributed by atoms with E-state index in [-0.39, 0.29) is 6.10 Å². The molecule has 5 heteroatoms. The van der Waals surface area contributed by atoms with Crippen LogP contribution in [0, 0.1) is 0 Å². The molecule has 0 aromatic heterocycles. The summed E-state index contributed by atoms with van der Waals surface area (Å²) >= 11 is 0. The van der Waals surface area contributed by atoms with Crippen molar-refractivity contribution in [3.8, 4) is 11.5 Å². The van der Waals surface area contributed by atoms with E-state index in [1.54, 1.807) is 7.11 Å². The number of benzene rings is 1. The molecule has 2 rings (SSSR count). The molecule has 0 bridgehead atoms. The van der Waals surface area contributed by atoms with Crippen molar-refractivity contribution in [2.45, 2.75) is 39.2 Å². The van der Waals surface area contributed by atoms with Gasteiger partial charge in [-0.2, -0.15) is 0 Å². The number of para-hydroxylation sites is 1. The summed E-state index contributed by atoms with van der Waals surface area (Å²) in [5, 5.41) is 3.38. The summed E-state index contributed by atoms with van der Waals surface area (Å²) in [5.41, 5.74) is 1.07. The average Bonchev–Trinajstić information content (AvgIpc) is 2.79. The van der Waals surface area contributed by atoms with Crippen molar-refractivity contribution >= 4 is 0 Å². The van der Waals surface area contributed by atoms with E-state index in [1.165, 1.54) is 0 Å². The third-order valence-electron chi connectivity index (χ3n) is 3.32. The highest BCUT2D eigenvalue weighted by molar-refractivity contribution is 5.46. The first-order chi connectivity index (χ1) is 10.1. The monoisotopic (exact) mass is 295 g/mol. The lowest BCUT2D eigenvalue weighted by Gasteiger charge is -2.18. The van der Waals surface area contributed by atoms with Gasteiger partial charge in [-0.25, -0.2) is 0 Å². The van der Waals surface area contributed by atoms with Crippen molar-refractivity contribution in [2.75, 3.05) is 26.9 Å². The standard InChI is InChI=1S/C16H25NO4/c1-5-19-14-8-6-7-12(15(14)18-4)9-17-10-13-11-20-16(2,3)21-13/h6-8,13,17H,5,9-11H2,1-4H3. The van der Waals surface area contributed by atoms with Gasteiger partial charge in [-0.05, 0) is 26.8 Å². The van der Waals surface area contributed by atoms with E-state index in [0.717, 1.165) is 23.6 Å². The van der Waals surface area contributed by atoms with E-state index >= 15 is 0 Å². The fraction of sp³-hybridized carbons (Fsp3) is 0.625. The molecular weight excluding hydrogens is 270 g/mol. The van der Waals surface area contributed by atoms with Crippen LogP contribution in [0.5, 0.6) is 11.5 Å². The van der Waals surface area contributed by atoms with Crippen LogP contribution in [0.2, 0.25) is 0 Å². The number of hydrogen-bond donors (Lipinski definition) is 1. The molecule has 0 amide bonds. The normalized spacial score (nSPS) is 20.5. The predicted octanol–water partition coefficient (Wildman–Crippen LogP) is 2.33. The van der Waals surface area contributed by atoms with Gasteiger partial charge in [0.25, 0.3) is 0 Å². The Morgan fingerprint density at radius 2 is 2.19 bits per heavy atom. The van der Waals surface area contributed by atoms with Crippen molar-refractivity contribution < 1.29 is 18.9 Å². The highest BCUT2D eigenvalue weighted by atomic mass is 16.7. The molecule has 21 heavy (non-hydrogen) atoms. The predicted molar refractivity (Wildman–Crippen MR) is 80.8 cm³/mol. The van der Waals surface area contributed by atoms with Crippen molar-refractivity contribution in [1.29, 1.82) is 0 Å². The maximum Gasteiger partial charge on any atom is 0.165 e. The number of hydrogen-bond acceptors (Lipinski definition) is 5. The van der Waals surface area contributed by atoms with E-state index in [4.69, 9.17) is 18.9 Å². The van der Waals surface area contributed by atoms with Gasteiger partial charge in [0.15, 0.2) is 17.3 Å². The summed E-state index contributed by atoms with van der Waals surface area (Å²) in [6.07, 6.45) is 0.0843. The van der Waals surface area contributed by atoms with Crippen molar-refractivity contribution in [2.24, 2.45) is 0 Å². The molecule has 1 aromatic carbocycles. The molecule has 118 valence electrons. The summed E-state index contributed by atoms with van der Waals surface area (Å²) in [6.45, 7) is 8.51. The highest BCUT2D eigenvalue weighted by Crippen LogP contribution is 2.31. The van der Waals surface area contributed by atoms with Crippen LogP contribution < -0.4 is 14.8 Å². The molecule has 1 saturated heterocycles. The van der Waals surface area contributed by atoms with Crippen LogP contribution in [-0.2, 0) is 16.0 Å². The fourth-order valence-corrected chi connectivity index (χ4v) is 2.43. The van der Waals surface area contributed by atoms with Gasteiger partial charge in [-0.1, -0.05) is 12.1 Å². The Labute approximate surface area is 126 Å². The second-order valence-electron chi connectivity index (χ2n) is 5.46. The molecule has 1 heterocycles. The van der Waals surface area contributed by atoms with Gasteiger partial charge in [0.1, 0.15) is 0 Å². The Hall–Kier alpha value is -1.30. The molecule has 0 aliphatic carbocycles. The van der Waals surface area contributed by atoms with E-state index in [0.29, 0.717) is 19.8 Å². The fourth-order valence-electron chi connectivity index (χ4n) is 2.43. The van der Waals surface area contributed by atoms with Crippen LogP contribution in [0.3, 0.4) is 0 Å². The third kappa shape index (κ3) is 4.33. The van der Waals surface area contributed by atoms with Gasteiger partial charge < -0.3 is 24.3 Å². The number of rotatable bonds is 7. The van der Waals surface area contributed by atoms with Crippen LogP contribution in [0.15, 0.2) is 18.2 Å². The zero-order valence-electron chi connectivity index (χ0n) is 13.3. The summed E-state index contributed by atoms with van der Waals surface area (Å²) < 4.78 is 22.4. The maximum absolute atomic E-state index is 5.76. The first kappa shape index (κ1) is 16.1. The Morgan fingerprint density at radius 1 is 1.38 bits per heavy atom. The van der Waals surface area contributed by atoms with Gasteiger partial charge in [0.2, 0.25) is 0 Å². The molecule has 1 fully saturated rings. The zero-order chi connectivity index (χ0) is 15.3. The summed E-state index contributed by atoms with van der Waals surface area (Å²) in [6, 6.07) is 5.93. The molecule has 5 nitrogen and oxygen atoms in total. The smallest absolute Gasteiger partial charge is 0.165 e. The van der Waals surface area contributed by atoms with Crippen molar-refractivity contribution in [3.05, 3.63) is 23.8 Å². The summed E-state index contributed by atoms with van der Waals surface area (Å²) in [5.74, 6) is 1.09. The van der Waals surface area contributed by atoms with E-state index in [9.17, 15) is 0 Å². The second kappa shape index (κ2) is 7.11. The first-order valence-corrected chi connectivity index (χ1v) is 7.37. The Morgan fingerprint density at radius 3 is 2.81 bits per heavy atom. The molecule has 1 aliphatic rings. The van der Waals surface area contributed by atoms with E-state index < -0.39 is 5.79 Å². The molecule has 0 spiro atoms. The van der Waals surface area contributed by atoms with Crippen molar-refractivity contribution in [1.82, 2.24) is 5.32 Å². The first-order valence-electron chi connectivity index (χ1n) is 7.37. The lowest BCUT2D eigenvalue weighted by molar-refractivity contribution is -0.137. The quantitative estimate of drug-likeness (QED) is 0.836. The topological polar surface area (TPSA) is 49.0 Å². The molecule has 1 atom stereocenters. The minimum absolute atomic E-state index is 0.0843. The number of methoxy groups -OCH3 is 1. The largest absolute Gasteiger partial charge is 0.493 e. The molecule has 1 N–H and O–H groups in total. The van der Waals surface area contributed by atoms with Crippen LogP contribution in [0.4, 0.5) is 0 Å². The van der Waals surface area contributed by atoms with E-state index in [1.807, 2.05) is 39.0 Å². The average molecular weight is 295 g/mol. The lowest BCUT2D eigenvalue weighted by atomic mass is 10.2. The second-order valence-corrected chi connectivity index (χ2v) is 5.46. The minimum atomic E-state index is -0.473. The van der Waals surface area contributed by atoms with Crippen LogP contribution in [0.1, 0.15) is 26.3 Å². The van der Waals surface area contributed by atoms with Crippen molar-refractivity contribution in [3.63, 3.8) is 0 Å². The number of nitrogens with one attached hydrogen (secondary N) is 1.